The molecule has 114 valence electrons. The monoisotopic (exact) mass is 329 g/mol. The van der Waals surface area contributed by atoms with Crippen LogP contribution < -0.4 is 4.31 Å². The van der Waals surface area contributed by atoms with Crippen molar-refractivity contribution in [1.29, 1.82) is 0 Å². The molecule has 0 saturated carbocycles. The van der Waals surface area contributed by atoms with Gasteiger partial charge in [0, 0.05) is 19.7 Å². The Kier molecular flexibility index (Phi) is 4.15. The van der Waals surface area contributed by atoms with Gasteiger partial charge in [0.05, 0.1) is 16.9 Å². The van der Waals surface area contributed by atoms with Crippen molar-refractivity contribution < 1.29 is 13.5 Å². The van der Waals surface area contributed by atoms with Gasteiger partial charge in [-0.25, -0.2) is 0 Å². The van der Waals surface area contributed by atoms with E-state index in [0.717, 1.165) is 5.56 Å². The van der Waals surface area contributed by atoms with Crippen LogP contribution in [0.5, 0.6) is 5.75 Å². The Labute approximate surface area is 128 Å². The summed E-state index contributed by atoms with van der Waals surface area (Å²) in [5.41, 5.74) is 1.14. The lowest BCUT2D eigenvalue weighted by Gasteiger charge is -2.24. The molecule has 6 nitrogen and oxygen atoms in total. The highest BCUT2D eigenvalue weighted by Crippen LogP contribution is 2.31. The molecule has 0 atom stereocenters. The van der Waals surface area contributed by atoms with E-state index in [-0.39, 0.29) is 22.3 Å². The molecule has 1 N–H and O–H groups in total. The van der Waals surface area contributed by atoms with Crippen molar-refractivity contribution in [1.82, 2.24) is 9.78 Å². The van der Waals surface area contributed by atoms with E-state index in [4.69, 9.17) is 11.6 Å². The molecule has 1 aromatic heterocycles. The third kappa shape index (κ3) is 2.71. The average Bonchev–Trinajstić information content (AvgIpc) is 2.74. The van der Waals surface area contributed by atoms with Crippen molar-refractivity contribution >= 4 is 27.3 Å². The van der Waals surface area contributed by atoms with Crippen molar-refractivity contribution in [3.05, 3.63) is 35.0 Å². The number of halogens is 1. The second-order valence-electron chi connectivity index (χ2n) is 4.56. The quantitative estimate of drug-likeness (QED) is 0.934. The molecule has 1 heterocycles. The van der Waals surface area contributed by atoms with Gasteiger partial charge in [-0.05, 0) is 25.5 Å². The average molecular weight is 330 g/mol. The van der Waals surface area contributed by atoms with Gasteiger partial charge in [0.2, 0.25) is 0 Å². The molecule has 0 aliphatic carbocycles. The molecule has 0 spiro atoms. The number of rotatable bonds is 4. The van der Waals surface area contributed by atoms with Crippen LogP contribution >= 0.6 is 11.6 Å². The fourth-order valence-electron chi connectivity index (χ4n) is 2.13. The summed E-state index contributed by atoms with van der Waals surface area (Å²) in [5.74, 6) is 0.000327. The summed E-state index contributed by atoms with van der Waals surface area (Å²) in [6.07, 6.45) is 1.29. The van der Waals surface area contributed by atoms with Crippen molar-refractivity contribution in [2.75, 3.05) is 10.8 Å². The minimum Gasteiger partial charge on any atom is -0.508 e. The molecule has 2 aromatic rings. The Bertz CT molecular complexity index is 751. The van der Waals surface area contributed by atoms with Crippen molar-refractivity contribution in [2.24, 2.45) is 7.05 Å². The molecular formula is C13H16ClN3O3S. The summed E-state index contributed by atoms with van der Waals surface area (Å²) >= 11 is 5.95. The number of hydrogen-bond acceptors (Lipinski definition) is 4. The summed E-state index contributed by atoms with van der Waals surface area (Å²) in [7, 11) is -2.35. The van der Waals surface area contributed by atoms with Gasteiger partial charge >= 0.3 is 0 Å². The predicted molar refractivity (Wildman–Crippen MR) is 81.3 cm³/mol. The third-order valence-corrected chi connectivity index (χ3v) is 5.52. The van der Waals surface area contributed by atoms with Crippen molar-refractivity contribution in [3.63, 3.8) is 0 Å². The van der Waals surface area contributed by atoms with Crippen LogP contribution in [0.1, 0.15) is 12.5 Å². The van der Waals surface area contributed by atoms with Crippen molar-refractivity contribution in [2.45, 2.75) is 18.9 Å². The third-order valence-electron chi connectivity index (χ3n) is 3.13. The van der Waals surface area contributed by atoms with Gasteiger partial charge in [0.25, 0.3) is 10.0 Å². The number of anilines is 1. The summed E-state index contributed by atoms with van der Waals surface area (Å²) in [5, 5.41) is 13.5. The lowest BCUT2D eigenvalue weighted by atomic mass is 10.2. The van der Waals surface area contributed by atoms with E-state index in [2.05, 4.69) is 5.10 Å². The first kappa shape index (κ1) is 15.7. The zero-order valence-electron chi connectivity index (χ0n) is 11.9. The number of aromatic hydroxyl groups is 1. The van der Waals surface area contributed by atoms with Crippen LogP contribution in [0.4, 0.5) is 5.69 Å². The van der Waals surface area contributed by atoms with Crippen LogP contribution in [0.2, 0.25) is 5.02 Å². The molecule has 0 aliphatic heterocycles. The van der Waals surface area contributed by atoms with Crippen LogP contribution in [0.15, 0.2) is 29.4 Å². The maximum absolute atomic E-state index is 12.8. The molecular weight excluding hydrogens is 314 g/mol. The first-order chi connectivity index (χ1) is 9.78. The van der Waals surface area contributed by atoms with E-state index in [1.165, 1.54) is 34.4 Å². The highest BCUT2D eigenvalue weighted by Gasteiger charge is 2.30. The molecule has 0 unspecified atom stereocenters. The van der Waals surface area contributed by atoms with Crippen LogP contribution in [-0.2, 0) is 17.1 Å². The number of aryl methyl sites for hydroxylation is 2. The second-order valence-corrected chi connectivity index (χ2v) is 6.75. The second kappa shape index (κ2) is 5.57. The standard InChI is InChI=1S/C13H16ClN3O3S/c1-4-17(12-7-10(18)6-5-9(12)2)21(19,20)13-11(14)8-15-16(13)3/h5-8,18H,4H2,1-3H3. The number of phenolic OH excluding ortho intramolecular Hbond substituents is 1. The lowest BCUT2D eigenvalue weighted by Crippen LogP contribution is -2.33. The fourth-order valence-corrected chi connectivity index (χ4v) is 4.27. The molecule has 0 fully saturated rings. The molecule has 0 radical (unpaired) electrons. The Hall–Kier alpha value is -1.73. The Morgan fingerprint density at radius 1 is 1.43 bits per heavy atom. The van der Waals surface area contributed by atoms with Gasteiger partial charge in [-0.1, -0.05) is 17.7 Å². The van der Waals surface area contributed by atoms with Crippen LogP contribution in [0, 0.1) is 6.92 Å². The topological polar surface area (TPSA) is 75.4 Å². The smallest absolute Gasteiger partial charge is 0.283 e. The molecule has 0 bridgehead atoms. The van der Waals surface area contributed by atoms with E-state index in [0.29, 0.717) is 5.69 Å². The summed E-state index contributed by atoms with van der Waals surface area (Å²) < 4.78 is 28.1. The van der Waals surface area contributed by atoms with Gasteiger partial charge in [-0.3, -0.25) is 8.99 Å². The summed E-state index contributed by atoms with van der Waals surface area (Å²) in [6.45, 7) is 3.69. The fraction of sp³-hybridized carbons (Fsp3) is 0.308. The molecule has 8 heteroatoms. The molecule has 0 amide bonds. The van der Waals surface area contributed by atoms with Crippen LogP contribution in [-0.4, -0.2) is 29.8 Å². The number of sulfonamides is 1. The van der Waals surface area contributed by atoms with Gasteiger partial charge in [0.15, 0.2) is 5.03 Å². The number of nitrogens with zero attached hydrogens (tertiary/aromatic N) is 3. The van der Waals surface area contributed by atoms with E-state index in [9.17, 15) is 13.5 Å². The molecule has 2 rings (SSSR count). The zero-order chi connectivity index (χ0) is 15.8. The zero-order valence-corrected chi connectivity index (χ0v) is 13.5. The summed E-state index contributed by atoms with van der Waals surface area (Å²) in [4.78, 5) is 0. The number of hydrogen-bond donors (Lipinski definition) is 1. The maximum Gasteiger partial charge on any atom is 0.283 e. The number of benzene rings is 1. The van der Waals surface area contributed by atoms with Crippen LogP contribution in [0.3, 0.4) is 0 Å². The summed E-state index contributed by atoms with van der Waals surface area (Å²) in [6, 6.07) is 4.59. The minimum absolute atomic E-state index is 0.000327. The van der Waals surface area contributed by atoms with Crippen molar-refractivity contribution in [3.8, 4) is 5.75 Å². The van der Waals surface area contributed by atoms with E-state index in [1.54, 1.807) is 19.9 Å². The molecule has 21 heavy (non-hydrogen) atoms. The Morgan fingerprint density at radius 3 is 2.62 bits per heavy atom. The minimum atomic E-state index is -3.87. The first-order valence-corrected chi connectivity index (χ1v) is 8.10. The Balaban J connectivity index is 2.63. The molecule has 0 saturated heterocycles. The van der Waals surface area contributed by atoms with Gasteiger partial charge in [-0.15, -0.1) is 0 Å². The van der Waals surface area contributed by atoms with Crippen LogP contribution in [0.25, 0.3) is 0 Å². The van der Waals surface area contributed by atoms with E-state index >= 15 is 0 Å². The largest absolute Gasteiger partial charge is 0.508 e. The lowest BCUT2D eigenvalue weighted by molar-refractivity contribution is 0.475. The normalized spacial score (nSPS) is 11.6. The Morgan fingerprint density at radius 2 is 2.10 bits per heavy atom. The first-order valence-electron chi connectivity index (χ1n) is 6.29. The molecule has 0 aliphatic rings. The SMILES string of the molecule is CCN(c1cc(O)ccc1C)S(=O)(=O)c1c(Cl)cnn1C. The molecule has 1 aromatic carbocycles. The van der Waals surface area contributed by atoms with Gasteiger partial charge < -0.3 is 5.11 Å². The highest BCUT2D eigenvalue weighted by molar-refractivity contribution is 7.92. The van der Waals surface area contributed by atoms with Gasteiger partial charge in [0.1, 0.15) is 5.75 Å². The van der Waals surface area contributed by atoms with Gasteiger partial charge in [-0.2, -0.15) is 13.5 Å². The highest BCUT2D eigenvalue weighted by atomic mass is 35.5. The van der Waals surface area contributed by atoms with E-state index < -0.39 is 10.0 Å². The number of aromatic nitrogens is 2. The number of phenols is 1. The maximum atomic E-state index is 12.8. The predicted octanol–water partition coefficient (Wildman–Crippen LogP) is 2.30. The van der Waals surface area contributed by atoms with E-state index in [1.807, 2.05) is 0 Å².